The van der Waals surface area contributed by atoms with E-state index in [-0.39, 0.29) is 0 Å². The molecule has 1 heterocycles. The summed E-state index contributed by atoms with van der Waals surface area (Å²) >= 11 is 0. The largest absolute Gasteiger partial charge is 0.376 e. The predicted octanol–water partition coefficient (Wildman–Crippen LogP) is 1.21. The van der Waals surface area contributed by atoms with Crippen molar-refractivity contribution in [1.82, 2.24) is 4.90 Å². The smallest absolute Gasteiger partial charge is 0.179 e. The molecule has 0 saturated carbocycles. The Morgan fingerprint density at radius 3 is 2.67 bits per heavy atom. The number of hydrogen-bond donors (Lipinski definition) is 0. The Balaban J connectivity index is 2.41. The molecule has 3 heteroatoms. The van der Waals surface area contributed by atoms with Crippen LogP contribution in [-0.2, 0) is 4.74 Å². The second kappa shape index (κ2) is 3.77. The highest BCUT2D eigenvalue weighted by molar-refractivity contribution is 4.86. The highest BCUT2D eigenvalue weighted by Crippen LogP contribution is 2.22. The number of nitrogens with zero attached hydrogens (tertiary/aromatic N) is 2. The fourth-order valence-electron chi connectivity index (χ4n) is 1.46. The summed E-state index contributed by atoms with van der Waals surface area (Å²) < 4.78 is 5.56. The van der Waals surface area contributed by atoms with Crippen molar-refractivity contribution in [3.63, 3.8) is 0 Å². The lowest BCUT2D eigenvalue weighted by Crippen LogP contribution is -2.27. The van der Waals surface area contributed by atoms with E-state index in [0.717, 1.165) is 6.42 Å². The molecular weight excluding hydrogens is 152 g/mol. The maximum atomic E-state index is 8.64. The number of hydrogen-bond acceptors (Lipinski definition) is 3. The van der Waals surface area contributed by atoms with Gasteiger partial charge in [0.05, 0.1) is 18.8 Å². The summed E-state index contributed by atoms with van der Waals surface area (Å²) in [4.78, 5) is 1.68. The number of rotatable bonds is 2. The summed E-state index contributed by atoms with van der Waals surface area (Å²) in [6.45, 7) is 5.01. The van der Waals surface area contributed by atoms with Crippen LogP contribution < -0.4 is 0 Å². The Morgan fingerprint density at radius 2 is 2.25 bits per heavy atom. The Hall–Kier alpha value is -0.750. The molecule has 0 bridgehead atoms. The van der Waals surface area contributed by atoms with E-state index in [4.69, 9.17) is 10.00 Å². The summed E-state index contributed by atoms with van der Waals surface area (Å²) in [5.41, 5.74) is 0. The van der Waals surface area contributed by atoms with Gasteiger partial charge in [0.1, 0.15) is 0 Å². The zero-order valence-electron chi connectivity index (χ0n) is 7.95. The summed E-state index contributed by atoms with van der Waals surface area (Å²) in [6, 6.07) is 0.294. The van der Waals surface area contributed by atoms with Crippen LogP contribution in [0.4, 0.5) is 0 Å². The molecule has 12 heavy (non-hydrogen) atoms. The first kappa shape index (κ1) is 9.34. The van der Waals surface area contributed by atoms with Crippen LogP contribution in [0, 0.1) is 17.4 Å². The van der Waals surface area contributed by atoms with E-state index in [1.54, 1.807) is 4.90 Å². The first-order valence-corrected chi connectivity index (χ1v) is 4.39. The van der Waals surface area contributed by atoms with Gasteiger partial charge in [-0.3, -0.25) is 0 Å². The van der Waals surface area contributed by atoms with Gasteiger partial charge in [0.15, 0.2) is 6.19 Å². The molecule has 0 amide bonds. The van der Waals surface area contributed by atoms with Crippen LogP contribution in [0.15, 0.2) is 0 Å². The van der Waals surface area contributed by atoms with E-state index in [1.807, 2.05) is 7.05 Å². The van der Waals surface area contributed by atoms with E-state index in [2.05, 4.69) is 20.0 Å². The molecule has 0 aromatic rings. The Bertz CT molecular complexity index is 185. The van der Waals surface area contributed by atoms with Crippen LogP contribution >= 0.6 is 0 Å². The molecular formula is C9H16N2O. The number of nitriles is 1. The highest BCUT2D eigenvalue weighted by atomic mass is 16.5. The molecule has 2 unspecified atom stereocenters. The minimum Gasteiger partial charge on any atom is -0.376 e. The van der Waals surface area contributed by atoms with Crippen LogP contribution in [0.2, 0.25) is 0 Å². The third-order valence-electron chi connectivity index (χ3n) is 2.46. The average Bonchev–Trinajstić information content (AvgIpc) is 2.51. The van der Waals surface area contributed by atoms with Crippen LogP contribution in [0.25, 0.3) is 0 Å². The van der Waals surface area contributed by atoms with Crippen LogP contribution in [0.5, 0.6) is 0 Å². The molecule has 68 valence electrons. The molecule has 0 radical (unpaired) electrons. The SMILES string of the molecule is CC(C)C1CC(N(C)C#N)CO1. The number of ether oxygens (including phenoxy) is 1. The minimum absolute atomic E-state index is 0.294. The fourth-order valence-corrected chi connectivity index (χ4v) is 1.46. The first-order chi connectivity index (χ1) is 5.65. The molecule has 0 aromatic carbocycles. The van der Waals surface area contributed by atoms with Crippen molar-refractivity contribution in [1.29, 1.82) is 5.26 Å². The lowest BCUT2D eigenvalue weighted by Gasteiger charge is -2.16. The van der Waals surface area contributed by atoms with Crippen molar-refractivity contribution in [2.45, 2.75) is 32.4 Å². The lowest BCUT2D eigenvalue weighted by atomic mass is 10.0. The fraction of sp³-hybridized carbons (Fsp3) is 0.889. The molecule has 0 aliphatic carbocycles. The molecule has 0 aromatic heterocycles. The summed E-state index contributed by atoms with van der Waals surface area (Å²) in [5.74, 6) is 0.557. The quantitative estimate of drug-likeness (QED) is 0.459. The third kappa shape index (κ3) is 1.89. The van der Waals surface area contributed by atoms with Gasteiger partial charge in [0, 0.05) is 7.05 Å². The van der Waals surface area contributed by atoms with Crippen LogP contribution in [0.1, 0.15) is 20.3 Å². The van der Waals surface area contributed by atoms with Crippen molar-refractivity contribution in [2.24, 2.45) is 5.92 Å². The lowest BCUT2D eigenvalue weighted by molar-refractivity contribution is 0.0721. The first-order valence-electron chi connectivity index (χ1n) is 4.39. The van der Waals surface area contributed by atoms with Gasteiger partial charge >= 0.3 is 0 Å². The standard InChI is InChI=1S/C9H16N2O/c1-7(2)9-4-8(5-12-9)11(3)6-10/h7-9H,4-5H2,1-3H3. The van der Waals surface area contributed by atoms with Gasteiger partial charge in [-0.1, -0.05) is 13.8 Å². The zero-order chi connectivity index (χ0) is 9.14. The molecule has 0 N–H and O–H groups in total. The van der Waals surface area contributed by atoms with Gasteiger partial charge in [-0.25, -0.2) is 0 Å². The van der Waals surface area contributed by atoms with Gasteiger partial charge in [-0.2, -0.15) is 5.26 Å². The van der Waals surface area contributed by atoms with Gasteiger partial charge in [0.2, 0.25) is 0 Å². The van der Waals surface area contributed by atoms with Crippen molar-refractivity contribution >= 4 is 0 Å². The third-order valence-corrected chi connectivity index (χ3v) is 2.46. The molecule has 1 rings (SSSR count). The van der Waals surface area contributed by atoms with E-state index in [0.29, 0.717) is 24.7 Å². The van der Waals surface area contributed by atoms with E-state index >= 15 is 0 Å². The topological polar surface area (TPSA) is 36.3 Å². The maximum Gasteiger partial charge on any atom is 0.179 e. The highest BCUT2D eigenvalue weighted by Gasteiger charge is 2.29. The summed E-state index contributed by atoms with van der Waals surface area (Å²) in [7, 11) is 1.82. The molecule has 1 aliphatic heterocycles. The average molecular weight is 168 g/mol. The second-order valence-electron chi connectivity index (χ2n) is 3.72. The van der Waals surface area contributed by atoms with E-state index < -0.39 is 0 Å². The van der Waals surface area contributed by atoms with Crippen LogP contribution in [-0.4, -0.2) is 30.7 Å². The van der Waals surface area contributed by atoms with Gasteiger partial charge < -0.3 is 9.64 Å². The summed E-state index contributed by atoms with van der Waals surface area (Å²) in [5, 5.41) is 8.64. The van der Waals surface area contributed by atoms with E-state index in [1.165, 1.54) is 0 Å². The number of likely N-dealkylation sites (N-methyl/N-ethyl adjacent to an activating group) is 1. The maximum absolute atomic E-state index is 8.64. The van der Waals surface area contributed by atoms with Crippen LogP contribution in [0.3, 0.4) is 0 Å². The van der Waals surface area contributed by atoms with E-state index in [9.17, 15) is 0 Å². The van der Waals surface area contributed by atoms with Crippen molar-refractivity contribution in [2.75, 3.05) is 13.7 Å². The van der Waals surface area contributed by atoms with Crippen molar-refractivity contribution in [3.8, 4) is 6.19 Å². The zero-order valence-corrected chi connectivity index (χ0v) is 7.95. The molecule has 1 saturated heterocycles. The van der Waals surface area contributed by atoms with Crippen molar-refractivity contribution in [3.05, 3.63) is 0 Å². The normalized spacial score (nSPS) is 28.9. The molecule has 2 atom stereocenters. The Kier molecular flexibility index (Phi) is 2.93. The monoisotopic (exact) mass is 168 g/mol. The second-order valence-corrected chi connectivity index (χ2v) is 3.72. The van der Waals surface area contributed by atoms with Gasteiger partial charge in [0.25, 0.3) is 0 Å². The molecule has 0 spiro atoms. The Morgan fingerprint density at radius 1 is 1.58 bits per heavy atom. The molecule has 1 aliphatic rings. The summed E-state index contributed by atoms with van der Waals surface area (Å²) in [6.07, 6.45) is 3.45. The Labute approximate surface area is 73.9 Å². The minimum atomic E-state index is 0.294. The predicted molar refractivity (Wildman–Crippen MR) is 46.4 cm³/mol. The molecule has 1 fully saturated rings. The van der Waals surface area contributed by atoms with Crippen molar-refractivity contribution < 1.29 is 4.74 Å². The van der Waals surface area contributed by atoms with Gasteiger partial charge in [-0.15, -0.1) is 0 Å². The molecule has 3 nitrogen and oxygen atoms in total. The van der Waals surface area contributed by atoms with Gasteiger partial charge in [-0.05, 0) is 12.3 Å².